The number of aryl methyl sites for hydroxylation is 1. The molecule has 1 aliphatic rings. The number of hydrogen-bond acceptors (Lipinski definition) is 5. The number of ether oxygens (including phenoxy) is 1. The quantitative estimate of drug-likeness (QED) is 0.446. The first-order valence-electron chi connectivity index (χ1n) is 10.3. The number of fused-ring (bicyclic) bond motifs is 1. The third-order valence-electron chi connectivity index (χ3n) is 5.23. The van der Waals surface area contributed by atoms with E-state index in [0.29, 0.717) is 30.8 Å². The molecule has 3 amide bonds. The predicted molar refractivity (Wildman–Crippen MR) is 114 cm³/mol. The van der Waals surface area contributed by atoms with Crippen molar-refractivity contribution in [3.63, 3.8) is 0 Å². The summed E-state index contributed by atoms with van der Waals surface area (Å²) in [5.41, 5.74) is 3.15. The molecule has 1 saturated heterocycles. The molecule has 0 bridgehead atoms. The first kappa shape index (κ1) is 20.6. The summed E-state index contributed by atoms with van der Waals surface area (Å²) in [6.45, 7) is 2.92. The lowest BCUT2D eigenvalue weighted by Crippen LogP contribution is -2.33. The highest BCUT2D eigenvalue weighted by molar-refractivity contribution is 6.01. The van der Waals surface area contributed by atoms with Crippen LogP contribution in [0.4, 0.5) is 0 Å². The second-order valence-electron chi connectivity index (χ2n) is 7.49. The van der Waals surface area contributed by atoms with Crippen molar-refractivity contribution in [2.24, 2.45) is 0 Å². The third-order valence-corrected chi connectivity index (χ3v) is 5.23. The Morgan fingerprint density at radius 3 is 2.68 bits per heavy atom. The van der Waals surface area contributed by atoms with Crippen LogP contribution in [-0.4, -0.2) is 45.1 Å². The van der Waals surface area contributed by atoms with Gasteiger partial charge in [-0.3, -0.25) is 19.3 Å². The number of carbonyl (C=O) groups excluding carboxylic acids is 3. The molecule has 0 saturated carbocycles. The van der Waals surface area contributed by atoms with Gasteiger partial charge in [-0.25, -0.2) is 4.98 Å². The second-order valence-corrected chi connectivity index (χ2v) is 7.49. The number of nitrogens with one attached hydrogen (secondary N) is 1. The van der Waals surface area contributed by atoms with Crippen LogP contribution in [-0.2, 0) is 16.2 Å². The summed E-state index contributed by atoms with van der Waals surface area (Å²) < 4.78 is 7.84. The molecule has 4 rings (SSSR count). The average molecular weight is 420 g/mol. The van der Waals surface area contributed by atoms with Crippen LogP contribution in [0.25, 0.3) is 5.65 Å². The molecule has 3 aromatic rings. The van der Waals surface area contributed by atoms with Gasteiger partial charge in [-0.1, -0.05) is 18.2 Å². The monoisotopic (exact) mass is 420 g/mol. The zero-order valence-corrected chi connectivity index (χ0v) is 17.3. The van der Waals surface area contributed by atoms with Crippen molar-refractivity contribution in [1.82, 2.24) is 19.6 Å². The normalized spacial score (nSPS) is 13.8. The maximum atomic E-state index is 12.6. The van der Waals surface area contributed by atoms with Crippen molar-refractivity contribution < 1.29 is 19.1 Å². The first-order chi connectivity index (χ1) is 15.0. The number of hydrogen-bond donors (Lipinski definition) is 1. The Kier molecular flexibility index (Phi) is 5.97. The summed E-state index contributed by atoms with van der Waals surface area (Å²) in [4.78, 5) is 41.8. The summed E-state index contributed by atoms with van der Waals surface area (Å²) in [5.74, 6) is -0.0754. The van der Waals surface area contributed by atoms with E-state index in [1.807, 2.05) is 41.9 Å². The van der Waals surface area contributed by atoms with E-state index in [1.54, 1.807) is 18.2 Å². The lowest BCUT2D eigenvalue weighted by molar-refractivity contribution is -0.138. The lowest BCUT2D eigenvalue weighted by Gasteiger charge is -2.14. The molecule has 0 aliphatic carbocycles. The van der Waals surface area contributed by atoms with Crippen molar-refractivity contribution in [3.8, 4) is 5.75 Å². The molecule has 2 aromatic heterocycles. The molecule has 0 unspecified atom stereocenters. The SMILES string of the molecule is Cc1cccn2cc(COc3ccccc3C(=O)NCCCN3C(=O)CCC3=O)nc12. The number of pyridine rings is 1. The average Bonchev–Trinajstić information content (AvgIpc) is 3.34. The van der Waals surface area contributed by atoms with E-state index in [1.165, 1.54) is 4.90 Å². The van der Waals surface area contributed by atoms with Gasteiger partial charge < -0.3 is 14.5 Å². The van der Waals surface area contributed by atoms with Crippen LogP contribution in [0, 0.1) is 6.92 Å². The number of amides is 3. The fraction of sp³-hybridized carbons (Fsp3) is 0.304. The summed E-state index contributed by atoms with van der Waals surface area (Å²) in [6.07, 6.45) is 4.91. The molecular weight excluding hydrogens is 396 g/mol. The Morgan fingerprint density at radius 2 is 1.90 bits per heavy atom. The van der Waals surface area contributed by atoms with Crippen molar-refractivity contribution in [2.45, 2.75) is 32.8 Å². The molecule has 3 heterocycles. The minimum Gasteiger partial charge on any atom is -0.486 e. The maximum absolute atomic E-state index is 12.6. The van der Waals surface area contributed by atoms with E-state index in [4.69, 9.17) is 4.74 Å². The van der Waals surface area contributed by atoms with Crippen LogP contribution in [0.2, 0.25) is 0 Å². The van der Waals surface area contributed by atoms with E-state index in [9.17, 15) is 14.4 Å². The van der Waals surface area contributed by atoms with Gasteiger partial charge in [0.25, 0.3) is 5.91 Å². The Labute approximate surface area is 179 Å². The number of imidazole rings is 1. The highest BCUT2D eigenvalue weighted by atomic mass is 16.5. The number of aromatic nitrogens is 2. The van der Waals surface area contributed by atoms with E-state index in [-0.39, 0.29) is 37.2 Å². The molecule has 0 radical (unpaired) electrons. The van der Waals surface area contributed by atoms with Gasteiger partial charge in [-0.15, -0.1) is 0 Å². The summed E-state index contributed by atoms with van der Waals surface area (Å²) in [5, 5.41) is 2.83. The Morgan fingerprint density at radius 1 is 1.13 bits per heavy atom. The number of carbonyl (C=O) groups is 3. The summed E-state index contributed by atoms with van der Waals surface area (Å²) in [6, 6.07) is 11.0. The minimum absolute atomic E-state index is 0.141. The van der Waals surface area contributed by atoms with E-state index >= 15 is 0 Å². The van der Waals surface area contributed by atoms with Gasteiger partial charge in [0.05, 0.1) is 11.3 Å². The van der Waals surface area contributed by atoms with Gasteiger partial charge in [0.1, 0.15) is 18.0 Å². The van der Waals surface area contributed by atoms with Crippen molar-refractivity contribution >= 4 is 23.4 Å². The van der Waals surface area contributed by atoms with Crippen LogP contribution in [0.15, 0.2) is 48.8 Å². The Balaban J connectivity index is 1.34. The largest absolute Gasteiger partial charge is 0.486 e. The second kappa shape index (κ2) is 8.99. The molecule has 1 aliphatic heterocycles. The van der Waals surface area contributed by atoms with Crippen molar-refractivity contribution in [2.75, 3.05) is 13.1 Å². The molecule has 0 atom stereocenters. The number of rotatable bonds is 8. The van der Waals surface area contributed by atoms with E-state index in [0.717, 1.165) is 16.9 Å². The van der Waals surface area contributed by atoms with E-state index < -0.39 is 0 Å². The Hall–Kier alpha value is -3.68. The molecule has 1 N–H and O–H groups in total. The van der Waals surface area contributed by atoms with Crippen LogP contribution in [0.5, 0.6) is 5.75 Å². The van der Waals surface area contributed by atoms with E-state index in [2.05, 4.69) is 10.3 Å². The van der Waals surface area contributed by atoms with Crippen molar-refractivity contribution in [1.29, 1.82) is 0 Å². The molecule has 0 spiro atoms. The fourth-order valence-electron chi connectivity index (χ4n) is 3.61. The third kappa shape index (κ3) is 4.58. The van der Waals surface area contributed by atoms with Crippen molar-refractivity contribution in [3.05, 3.63) is 65.6 Å². The van der Waals surface area contributed by atoms with Gasteiger partial charge in [-0.05, 0) is 37.1 Å². The molecular formula is C23H24N4O4. The van der Waals surface area contributed by atoms with Crippen LogP contribution >= 0.6 is 0 Å². The zero-order chi connectivity index (χ0) is 21.8. The van der Waals surface area contributed by atoms with Gasteiger partial charge in [0.2, 0.25) is 11.8 Å². The molecule has 1 fully saturated rings. The predicted octanol–water partition coefficient (Wildman–Crippen LogP) is 2.49. The topological polar surface area (TPSA) is 93.0 Å². The highest BCUT2D eigenvalue weighted by Crippen LogP contribution is 2.20. The molecule has 8 nitrogen and oxygen atoms in total. The van der Waals surface area contributed by atoms with Gasteiger partial charge in [-0.2, -0.15) is 0 Å². The van der Waals surface area contributed by atoms with Gasteiger partial charge in [0, 0.05) is 38.3 Å². The lowest BCUT2D eigenvalue weighted by atomic mass is 10.2. The Bertz CT molecular complexity index is 1120. The van der Waals surface area contributed by atoms with Gasteiger partial charge >= 0.3 is 0 Å². The molecule has 160 valence electrons. The number of nitrogens with zero attached hydrogens (tertiary/aromatic N) is 3. The van der Waals surface area contributed by atoms with Crippen LogP contribution in [0.1, 0.15) is 40.9 Å². The molecule has 1 aromatic carbocycles. The zero-order valence-electron chi connectivity index (χ0n) is 17.3. The minimum atomic E-state index is -0.263. The maximum Gasteiger partial charge on any atom is 0.255 e. The molecule has 31 heavy (non-hydrogen) atoms. The number of benzene rings is 1. The number of likely N-dealkylation sites (tertiary alicyclic amines) is 1. The summed E-state index contributed by atoms with van der Waals surface area (Å²) in [7, 11) is 0. The first-order valence-corrected chi connectivity index (χ1v) is 10.3. The number of imide groups is 1. The highest BCUT2D eigenvalue weighted by Gasteiger charge is 2.28. The van der Waals surface area contributed by atoms with Crippen LogP contribution in [0.3, 0.4) is 0 Å². The summed E-state index contributed by atoms with van der Waals surface area (Å²) >= 11 is 0. The van der Waals surface area contributed by atoms with Gasteiger partial charge in [0.15, 0.2) is 0 Å². The smallest absolute Gasteiger partial charge is 0.255 e. The van der Waals surface area contributed by atoms with Crippen LogP contribution < -0.4 is 10.1 Å². The fourth-order valence-corrected chi connectivity index (χ4v) is 3.61. The molecule has 8 heteroatoms. The standard InChI is InChI=1S/C23H24N4O4/c1-16-6-4-12-26-14-17(25-22(16)26)15-31-19-8-3-2-7-18(19)23(30)24-11-5-13-27-20(28)9-10-21(27)29/h2-4,6-8,12,14H,5,9-11,13,15H2,1H3,(H,24,30). The number of para-hydroxylation sites is 1.